The second-order valence-corrected chi connectivity index (χ2v) is 19.5. The third-order valence-electron chi connectivity index (χ3n) is 14.7. The summed E-state index contributed by atoms with van der Waals surface area (Å²) in [6.45, 7) is 3.64. The van der Waals surface area contributed by atoms with Gasteiger partial charge in [-0.25, -0.2) is 0 Å². The summed E-state index contributed by atoms with van der Waals surface area (Å²) in [6, 6.07) is 22.2. The third kappa shape index (κ3) is 10.7. The molecule has 5 aromatic rings. The Hall–Kier alpha value is -6.80. The lowest BCUT2D eigenvalue weighted by atomic mass is 9.72. The number of benzene rings is 4. The Kier molecular flexibility index (Phi) is 14.6. The molecule has 5 aliphatic rings. The Balaban J connectivity index is 0.641. The number of carbonyl (C=O) groups excluding carboxylic acids is 5. The molecule has 2 N–H and O–H groups in total. The van der Waals surface area contributed by atoms with Crippen LogP contribution < -0.4 is 15.5 Å². The van der Waals surface area contributed by atoms with E-state index in [4.69, 9.17) is 14.2 Å². The van der Waals surface area contributed by atoms with Crippen LogP contribution in [0.15, 0.2) is 85.2 Å². The van der Waals surface area contributed by atoms with Gasteiger partial charge in [-0.15, -0.1) is 10.2 Å². The highest BCUT2D eigenvalue weighted by Crippen LogP contribution is 2.45. The van der Waals surface area contributed by atoms with Gasteiger partial charge in [-0.1, -0.05) is 48.9 Å². The number of imide groups is 2. The molecule has 73 heavy (non-hydrogen) atoms. The number of nitrogens with zero attached hydrogens (tertiary/aromatic N) is 6. The zero-order valence-electron chi connectivity index (χ0n) is 40.5. The number of piperidine rings is 2. The number of likely N-dealkylation sites (tertiary alicyclic amines) is 1. The van der Waals surface area contributed by atoms with Crippen LogP contribution in [0.3, 0.4) is 0 Å². The van der Waals surface area contributed by atoms with Crippen molar-refractivity contribution in [2.24, 2.45) is 13.0 Å². The lowest BCUT2D eigenvalue weighted by molar-refractivity contribution is -0.138. The summed E-state index contributed by atoms with van der Waals surface area (Å²) in [6.07, 6.45) is 1.84. The number of ether oxygens (including phenoxy) is 3. The van der Waals surface area contributed by atoms with E-state index in [1.54, 1.807) is 36.7 Å². The monoisotopic (exact) mass is 1000 g/mol. The number of carbonyl (C=O) groups is 5. The molecule has 0 spiro atoms. The summed E-state index contributed by atoms with van der Waals surface area (Å²) < 4.78 is 63.8. The number of nitrogens with one attached hydrogen (secondary N) is 2. The fourth-order valence-corrected chi connectivity index (χ4v) is 10.7. The van der Waals surface area contributed by atoms with Crippen LogP contribution in [0.2, 0.25) is 0 Å². The van der Waals surface area contributed by atoms with Crippen molar-refractivity contribution < 1.29 is 51.4 Å². The first-order chi connectivity index (χ1) is 35.3. The van der Waals surface area contributed by atoms with Crippen molar-refractivity contribution in [1.29, 1.82) is 0 Å². The number of halogens is 3. The van der Waals surface area contributed by atoms with Crippen molar-refractivity contribution >= 4 is 40.9 Å². The number of rotatable bonds is 19. The van der Waals surface area contributed by atoms with Crippen LogP contribution in [0.4, 0.5) is 24.5 Å². The predicted octanol–water partition coefficient (Wildman–Crippen LogP) is 7.15. The maximum absolute atomic E-state index is 14.7. The van der Waals surface area contributed by atoms with Crippen LogP contribution in [0.1, 0.15) is 121 Å². The van der Waals surface area contributed by atoms with Crippen LogP contribution in [0.5, 0.6) is 0 Å². The number of alkyl halides is 3. The molecule has 2 saturated heterocycles. The number of hydrogen-bond acceptors (Lipinski definition) is 12. The van der Waals surface area contributed by atoms with Gasteiger partial charge in [0.1, 0.15) is 18.2 Å². The lowest BCUT2D eigenvalue weighted by Gasteiger charge is -2.33. The molecule has 0 bridgehead atoms. The maximum Gasteiger partial charge on any atom is 0.416 e. The molecule has 16 nitrogen and oxygen atoms in total. The zero-order valence-corrected chi connectivity index (χ0v) is 40.5. The molecule has 2 atom stereocenters. The average Bonchev–Trinajstić information content (AvgIpc) is 4.02. The number of hydrogen-bond donors (Lipinski definition) is 2. The van der Waals surface area contributed by atoms with Gasteiger partial charge in [-0.05, 0) is 102 Å². The Bertz CT molecular complexity index is 2900. The summed E-state index contributed by atoms with van der Waals surface area (Å²) in [5.74, 6) is -1.49. The Labute approximate surface area is 420 Å². The summed E-state index contributed by atoms with van der Waals surface area (Å²) in [5, 5.41) is 13.9. The molecular weight excluding hydrogens is 946 g/mol. The van der Waals surface area contributed by atoms with E-state index in [0.717, 1.165) is 59.5 Å². The summed E-state index contributed by atoms with van der Waals surface area (Å²) in [7, 11) is 1.91. The largest absolute Gasteiger partial charge is 0.416 e. The predicted molar refractivity (Wildman–Crippen MR) is 260 cm³/mol. The first-order valence-electron chi connectivity index (χ1n) is 24.9. The van der Waals surface area contributed by atoms with Crippen molar-refractivity contribution in [3.05, 3.63) is 141 Å². The van der Waals surface area contributed by atoms with Gasteiger partial charge in [-0.3, -0.25) is 39.1 Å². The molecular formula is C54H57F3N8O8. The Morgan fingerprint density at radius 3 is 2.22 bits per heavy atom. The van der Waals surface area contributed by atoms with Gasteiger partial charge < -0.3 is 29.0 Å². The standard InChI is InChI=1S/C54H57F3N8O8/c1-62-32-59-61-49(62)47(36-5-2-6-36)37-7-3-8-38(27-37)64-29-42-41(51(64)68)25-35(26-43(42)54(55,56)57)28-63-20-17-39(18-21-63)73-24-23-72-31-34-13-11-33(12-14-34)30-71-22-19-58-44-10-4-9-40-48(44)53(70)65(52(40)69)45-15-16-46(66)60-50(45)67/h3-4,7-14,25-27,32,36,39,45,47,58H,2,5-6,15-24,28-31H2,1H3,(H,60,66,67)/t45?,47-/m1/s1. The molecule has 1 aliphatic carbocycles. The van der Waals surface area contributed by atoms with Crippen LogP contribution in [-0.2, 0) is 63.3 Å². The second kappa shape index (κ2) is 21.3. The fraction of sp³-hybridized carbons (Fsp3) is 0.426. The van der Waals surface area contributed by atoms with Gasteiger partial charge in [0.25, 0.3) is 17.7 Å². The van der Waals surface area contributed by atoms with Crippen LogP contribution in [0, 0.1) is 5.92 Å². The number of fused-ring (bicyclic) bond motifs is 2. The van der Waals surface area contributed by atoms with Gasteiger partial charge in [0.05, 0.1) is 62.4 Å². The highest BCUT2D eigenvalue weighted by molar-refractivity contribution is 6.25. The van der Waals surface area contributed by atoms with E-state index in [1.165, 1.54) is 11.0 Å². The smallest absolute Gasteiger partial charge is 0.382 e. The molecule has 4 aliphatic heterocycles. The minimum atomic E-state index is -4.63. The average molecular weight is 1000 g/mol. The van der Waals surface area contributed by atoms with E-state index in [2.05, 4.69) is 25.7 Å². The van der Waals surface area contributed by atoms with Crippen LogP contribution in [-0.4, -0.2) is 106 Å². The van der Waals surface area contributed by atoms with Gasteiger partial charge in [0.2, 0.25) is 11.8 Å². The first-order valence-corrected chi connectivity index (χ1v) is 24.9. The summed E-state index contributed by atoms with van der Waals surface area (Å²) in [4.78, 5) is 69.0. The Morgan fingerprint density at radius 1 is 0.795 bits per heavy atom. The van der Waals surface area contributed by atoms with E-state index in [0.29, 0.717) is 75.5 Å². The second-order valence-electron chi connectivity index (χ2n) is 19.5. The molecule has 10 rings (SSSR count). The highest BCUT2D eigenvalue weighted by Gasteiger charge is 2.46. The van der Waals surface area contributed by atoms with Crippen LogP contribution >= 0.6 is 0 Å². The van der Waals surface area contributed by atoms with Gasteiger partial charge in [-0.2, -0.15) is 13.2 Å². The van der Waals surface area contributed by atoms with E-state index in [9.17, 15) is 37.1 Å². The maximum atomic E-state index is 14.7. The Morgan fingerprint density at radius 2 is 1.53 bits per heavy atom. The molecule has 5 amide bonds. The molecule has 1 saturated carbocycles. The lowest BCUT2D eigenvalue weighted by Crippen LogP contribution is -2.54. The first kappa shape index (κ1) is 49.8. The third-order valence-corrected chi connectivity index (χ3v) is 14.7. The molecule has 0 radical (unpaired) electrons. The summed E-state index contributed by atoms with van der Waals surface area (Å²) in [5.41, 5.74) is 4.14. The number of aromatic nitrogens is 3. The molecule has 382 valence electrons. The number of amides is 5. The van der Waals surface area contributed by atoms with Crippen molar-refractivity contribution in [2.75, 3.05) is 49.7 Å². The van der Waals surface area contributed by atoms with Gasteiger partial charge >= 0.3 is 6.18 Å². The van der Waals surface area contributed by atoms with E-state index in [1.807, 2.05) is 54.1 Å². The van der Waals surface area contributed by atoms with Crippen LogP contribution in [0.25, 0.3) is 0 Å². The van der Waals surface area contributed by atoms with Gasteiger partial charge in [0.15, 0.2) is 0 Å². The zero-order chi connectivity index (χ0) is 50.8. The highest BCUT2D eigenvalue weighted by atomic mass is 19.4. The van der Waals surface area contributed by atoms with Crippen molar-refractivity contribution in [1.82, 2.24) is 29.9 Å². The fourth-order valence-electron chi connectivity index (χ4n) is 10.7. The minimum Gasteiger partial charge on any atom is -0.382 e. The quantitative estimate of drug-likeness (QED) is 0.0632. The number of aryl methyl sites for hydroxylation is 1. The van der Waals surface area contributed by atoms with Crippen molar-refractivity contribution in [3.8, 4) is 0 Å². The summed E-state index contributed by atoms with van der Waals surface area (Å²) >= 11 is 0. The van der Waals surface area contributed by atoms with E-state index >= 15 is 0 Å². The van der Waals surface area contributed by atoms with E-state index in [-0.39, 0.29) is 60.2 Å². The molecule has 3 fully saturated rings. The molecule has 1 unspecified atom stereocenters. The molecule has 1 aromatic heterocycles. The number of anilines is 2. The molecule has 5 heterocycles. The van der Waals surface area contributed by atoms with Crippen molar-refractivity contribution in [2.45, 2.75) is 95.5 Å². The topological polar surface area (TPSA) is 178 Å². The van der Waals surface area contributed by atoms with Crippen molar-refractivity contribution in [3.63, 3.8) is 0 Å². The molecule has 4 aromatic carbocycles. The van der Waals surface area contributed by atoms with Gasteiger partial charge in [0, 0.05) is 62.5 Å². The van der Waals surface area contributed by atoms with E-state index < -0.39 is 47.3 Å². The molecule has 19 heteroatoms. The minimum absolute atomic E-state index is 0.000844. The SMILES string of the molecule is Cn1cnnc1[C@@H](c1cccc(N2Cc3c(cc(CN4CCC(OCCOCc5ccc(COCCNc6cccc7c6C(=O)N(C6CCC(=O)NC6=O)C7=O)cc5)CC4)cc3C(F)(F)F)C2=O)c1)C1CCC1. The normalized spacial score (nSPS) is 19.1.